The van der Waals surface area contributed by atoms with Crippen molar-refractivity contribution < 1.29 is 14.3 Å². The summed E-state index contributed by atoms with van der Waals surface area (Å²) >= 11 is 1.34. The SMILES string of the molecule is COc1ccc(C(=O)c2nccs2)cc1OC1CCCC1. The van der Waals surface area contributed by atoms with Crippen LogP contribution in [-0.2, 0) is 0 Å². The van der Waals surface area contributed by atoms with E-state index in [0.29, 0.717) is 22.1 Å². The Morgan fingerprint density at radius 2 is 2.10 bits per heavy atom. The average Bonchev–Trinajstić information content (AvgIpc) is 3.19. The molecule has 5 heteroatoms. The van der Waals surface area contributed by atoms with Crippen LogP contribution in [0, 0.1) is 0 Å². The first-order chi connectivity index (χ1) is 10.3. The van der Waals surface area contributed by atoms with Gasteiger partial charge in [-0.2, -0.15) is 0 Å². The molecule has 110 valence electrons. The minimum absolute atomic E-state index is 0.0797. The quantitative estimate of drug-likeness (QED) is 0.790. The third kappa shape index (κ3) is 3.08. The number of carbonyl (C=O) groups excluding carboxylic acids is 1. The Labute approximate surface area is 127 Å². The zero-order chi connectivity index (χ0) is 14.7. The Balaban J connectivity index is 1.87. The number of benzene rings is 1. The van der Waals surface area contributed by atoms with Crippen molar-refractivity contribution in [3.05, 3.63) is 40.3 Å². The fourth-order valence-corrected chi connectivity index (χ4v) is 3.15. The molecule has 4 nitrogen and oxygen atoms in total. The maximum absolute atomic E-state index is 12.3. The second-order valence-corrected chi connectivity index (χ2v) is 5.95. The maximum atomic E-state index is 12.3. The molecule has 1 aliphatic rings. The molecule has 0 aliphatic heterocycles. The van der Waals surface area contributed by atoms with Crippen LogP contribution >= 0.6 is 11.3 Å². The summed E-state index contributed by atoms with van der Waals surface area (Å²) in [6.45, 7) is 0. The topological polar surface area (TPSA) is 48.4 Å². The molecule has 0 N–H and O–H groups in total. The van der Waals surface area contributed by atoms with Crippen molar-refractivity contribution >= 4 is 17.1 Å². The van der Waals surface area contributed by atoms with Gasteiger partial charge in [0, 0.05) is 17.1 Å². The zero-order valence-corrected chi connectivity index (χ0v) is 12.7. The molecule has 0 saturated heterocycles. The standard InChI is InChI=1S/C16H17NO3S/c1-19-13-7-6-11(15(18)16-17-8-9-21-16)10-14(13)20-12-4-2-3-5-12/h6-10,12H,2-5H2,1H3. The van der Waals surface area contributed by atoms with Crippen LogP contribution in [0.4, 0.5) is 0 Å². The van der Waals surface area contributed by atoms with E-state index in [0.717, 1.165) is 12.8 Å². The predicted octanol–water partition coefficient (Wildman–Crippen LogP) is 3.70. The number of carbonyl (C=O) groups is 1. The van der Waals surface area contributed by atoms with E-state index in [9.17, 15) is 4.79 Å². The van der Waals surface area contributed by atoms with E-state index < -0.39 is 0 Å². The summed E-state index contributed by atoms with van der Waals surface area (Å²) in [4.78, 5) is 16.4. The summed E-state index contributed by atoms with van der Waals surface area (Å²) in [6.07, 6.45) is 6.39. The van der Waals surface area contributed by atoms with Crippen LogP contribution in [0.2, 0.25) is 0 Å². The van der Waals surface area contributed by atoms with Crippen LogP contribution in [0.5, 0.6) is 11.5 Å². The van der Waals surface area contributed by atoms with Crippen LogP contribution in [0.1, 0.15) is 41.0 Å². The van der Waals surface area contributed by atoms with Gasteiger partial charge in [0.05, 0.1) is 13.2 Å². The molecule has 1 fully saturated rings. The summed E-state index contributed by atoms with van der Waals surface area (Å²) in [5.74, 6) is 1.23. The molecule has 0 radical (unpaired) electrons. The number of ketones is 1. The Kier molecular flexibility index (Phi) is 4.20. The molecule has 21 heavy (non-hydrogen) atoms. The van der Waals surface area contributed by atoms with Crippen molar-refractivity contribution in [1.82, 2.24) is 4.98 Å². The minimum Gasteiger partial charge on any atom is -0.493 e. The molecule has 0 spiro atoms. The first-order valence-corrected chi connectivity index (χ1v) is 7.95. The van der Waals surface area contributed by atoms with E-state index in [2.05, 4.69) is 4.98 Å². The second kappa shape index (κ2) is 6.26. The van der Waals surface area contributed by atoms with Gasteiger partial charge in [-0.05, 0) is 43.9 Å². The number of rotatable bonds is 5. The van der Waals surface area contributed by atoms with Crippen LogP contribution in [-0.4, -0.2) is 24.0 Å². The average molecular weight is 303 g/mol. The van der Waals surface area contributed by atoms with Crippen LogP contribution in [0.3, 0.4) is 0 Å². The second-order valence-electron chi connectivity index (χ2n) is 5.06. The molecule has 1 aliphatic carbocycles. The first-order valence-electron chi connectivity index (χ1n) is 7.07. The van der Waals surface area contributed by atoms with Crippen LogP contribution in [0.15, 0.2) is 29.8 Å². The number of nitrogens with zero attached hydrogens (tertiary/aromatic N) is 1. The summed E-state index contributed by atoms with van der Waals surface area (Å²) in [5.41, 5.74) is 0.582. The Morgan fingerprint density at radius 1 is 1.29 bits per heavy atom. The van der Waals surface area contributed by atoms with E-state index in [1.165, 1.54) is 24.2 Å². The van der Waals surface area contributed by atoms with Crippen molar-refractivity contribution in [3.63, 3.8) is 0 Å². The van der Waals surface area contributed by atoms with E-state index >= 15 is 0 Å². The number of methoxy groups -OCH3 is 1. The van der Waals surface area contributed by atoms with Crippen molar-refractivity contribution in [1.29, 1.82) is 0 Å². The van der Waals surface area contributed by atoms with Crippen LogP contribution in [0.25, 0.3) is 0 Å². The van der Waals surface area contributed by atoms with E-state index in [1.54, 1.807) is 36.9 Å². The van der Waals surface area contributed by atoms with E-state index in [1.807, 2.05) is 0 Å². The molecule has 1 saturated carbocycles. The highest BCUT2D eigenvalue weighted by Gasteiger charge is 2.20. The molecular formula is C16H17NO3S. The van der Waals surface area contributed by atoms with Gasteiger partial charge in [-0.25, -0.2) is 4.98 Å². The molecular weight excluding hydrogens is 286 g/mol. The molecule has 1 aromatic heterocycles. The number of hydrogen-bond acceptors (Lipinski definition) is 5. The third-order valence-electron chi connectivity index (χ3n) is 3.65. The lowest BCUT2D eigenvalue weighted by Crippen LogP contribution is -2.12. The number of hydrogen-bond donors (Lipinski definition) is 0. The smallest absolute Gasteiger partial charge is 0.221 e. The molecule has 0 unspecified atom stereocenters. The van der Waals surface area contributed by atoms with Crippen LogP contribution < -0.4 is 9.47 Å². The lowest BCUT2D eigenvalue weighted by Gasteiger charge is -2.16. The molecule has 2 aromatic rings. The third-order valence-corrected chi connectivity index (χ3v) is 4.42. The predicted molar refractivity (Wildman–Crippen MR) is 81.4 cm³/mol. The molecule has 0 bridgehead atoms. The number of aromatic nitrogens is 1. The molecule has 1 heterocycles. The minimum atomic E-state index is -0.0797. The number of thiazole rings is 1. The number of ether oxygens (including phenoxy) is 2. The van der Waals surface area contributed by atoms with Crippen molar-refractivity contribution in [2.45, 2.75) is 31.8 Å². The lowest BCUT2D eigenvalue weighted by atomic mass is 10.1. The van der Waals surface area contributed by atoms with Gasteiger partial charge in [0.15, 0.2) is 16.5 Å². The van der Waals surface area contributed by atoms with Gasteiger partial charge in [-0.3, -0.25) is 4.79 Å². The van der Waals surface area contributed by atoms with E-state index in [4.69, 9.17) is 9.47 Å². The van der Waals surface area contributed by atoms with E-state index in [-0.39, 0.29) is 11.9 Å². The highest BCUT2D eigenvalue weighted by molar-refractivity contribution is 7.11. The van der Waals surface area contributed by atoms with Gasteiger partial charge in [0.2, 0.25) is 5.78 Å². The van der Waals surface area contributed by atoms with Crippen molar-refractivity contribution in [2.24, 2.45) is 0 Å². The monoisotopic (exact) mass is 303 g/mol. The molecule has 1 aromatic carbocycles. The van der Waals surface area contributed by atoms with Gasteiger partial charge >= 0.3 is 0 Å². The van der Waals surface area contributed by atoms with Crippen molar-refractivity contribution in [2.75, 3.05) is 7.11 Å². The summed E-state index contributed by atoms with van der Waals surface area (Å²) < 4.78 is 11.3. The summed E-state index contributed by atoms with van der Waals surface area (Å²) in [6, 6.07) is 5.30. The highest BCUT2D eigenvalue weighted by Crippen LogP contribution is 2.33. The van der Waals surface area contributed by atoms with Gasteiger partial charge in [0.1, 0.15) is 0 Å². The maximum Gasteiger partial charge on any atom is 0.221 e. The molecule has 3 rings (SSSR count). The van der Waals surface area contributed by atoms with Gasteiger partial charge < -0.3 is 9.47 Å². The fourth-order valence-electron chi connectivity index (χ4n) is 2.55. The lowest BCUT2D eigenvalue weighted by molar-refractivity contribution is 0.103. The Hall–Kier alpha value is -1.88. The summed E-state index contributed by atoms with van der Waals surface area (Å²) in [7, 11) is 1.61. The largest absolute Gasteiger partial charge is 0.493 e. The highest BCUT2D eigenvalue weighted by atomic mass is 32.1. The Morgan fingerprint density at radius 3 is 2.76 bits per heavy atom. The van der Waals surface area contributed by atoms with Gasteiger partial charge in [0.25, 0.3) is 0 Å². The Bertz CT molecular complexity index is 618. The van der Waals surface area contributed by atoms with Crippen molar-refractivity contribution in [3.8, 4) is 11.5 Å². The fraction of sp³-hybridized carbons (Fsp3) is 0.375. The summed E-state index contributed by atoms with van der Waals surface area (Å²) in [5, 5.41) is 2.29. The normalized spacial score (nSPS) is 15.1. The van der Waals surface area contributed by atoms with Gasteiger partial charge in [-0.1, -0.05) is 0 Å². The molecule has 0 atom stereocenters. The first kappa shape index (κ1) is 14.1. The molecule has 0 amide bonds. The zero-order valence-electron chi connectivity index (χ0n) is 11.9. The van der Waals surface area contributed by atoms with Gasteiger partial charge in [-0.15, -0.1) is 11.3 Å².